The molecule has 0 spiro atoms. The van der Waals surface area contributed by atoms with Crippen molar-refractivity contribution in [2.75, 3.05) is 11.9 Å². The molecule has 1 amide bonds. The Kier molecular flexibility index (Phi) is 4.42. The van der Waals surface area contributed by atoms with Crippen LogP contribution in [0, 0.1) is 19.7 Å². The second-order valence-corrected chi connectivity index (χ2v) is 5.60. The average molecular weight is 324 g/mol. The molecule has 0 bridgehead atoms. The van der Waals surface area contributed by atoms with Crippen LogP contribution >= 0.6 is 0 Å². The van der Waals surface area contributed by atoms with Crippen molar-refractivity contribution in [2.24, 2.45) is 0 Å². The van der Waals surface area contributed by atoms with Gasteiger partial charge in [-0.1, -0.05) is 24.3 Å². The molecule has 0 aliphatic carbocycles. The number of hydrogen-bond donors (Lipinski definition) is 1. The number of nitrogens with zero attached hydrogens (tertiary/aromatic N) is 1. The number of benzene rings is 2. The van der Waals surface area contributed by atoms with E-state index in [0.29, 0.717) is 11.3 Å². The van der Waals surface area contributed by atoms with E-state index in [-0.39, 0.29) is 12.3 Å². The Labute approximate surface area is 139 Å². The summed E-state index contributed by atoms with van der Waals surface area (Å²) in [5.41, 5.74) is 2.50. The number of fused-ring (bicyclic) bond motifs is 1. The largest absolute Gasteiger partial charge is 0.481 e. The van der Waals surface area contributed by atoms with Gasteiger partial charge in [-0.2, -0.15) is 0 Å². The third-order valence-corrected chi connectivity index (χ3v) is 3.58. The molecule has 0 saturated carbocycles. The highest BCUT2D eigenvalue weighted by atomic mass is 19.1. The lowest BCUT2D eigenvalue weighted by Crippen LogP contribution is -2.21. The molecular weight excluding hydrogens is 307 g/mol. The van der Waals surface area contributed by atoms with Crippen LogP contribution in [0.3, 0.4) is 0 Å². The van der Waals surface area contributed by atoms with Crippen molar-refractivity contribution >= 4 is 22.5 Å². The molecule has 0 unspecified atom stereocenters. The predicted molar refractivity (Wildman–Crippen MR) is 91.7 cm³/mol. The lowest BCUT2D eigenvalue weighted by atomic mass is 10.2. The molecule has 0 aliphatic heterocycles. The molecule has 1 aromatic heterocycles. The number of ether oxygens (including phenoxy) is 1. The van der Waals surface area contributed by atoms with E-state index in [1.165, 1.54) is 12.1 Å². The molecule has 0 atom stereocenters. The van der Waals surface area contributed by atoms with Gasteiger partial charge in [0.15, 0.2) is 6.61 Å². The number of aromatic nitrogens is 1. The Hall–Kier alpha value is -2.95. The fourth-order valence-corrected chi connectivity index (χ4v) is 2.39. The average Bonchev–Trinajstić information content (AvgIpc) is 2.55. The molecule has 3 rings (SSSR count). The van der Waals surface area contributed by atoms with E-state index in [0.717, 1.165) is 16.6 Å². The first kappa shape index (κ1) is 15.9. The van der Waals surface area contributed by atoms with Gasteiger partial charge in [0, 0.05) is 11.1 Å². The van der Waals surface area contributed by atoms with Crippen molar-refractivity contribution in [1.82, 2.24) is 4.98 Å². The number of para-hydroxylation sites is 1. The van der Waals surface area contributed by atoms with Crippen LogP contribution < -0.4 is 10.1 Å². The van der Waals surface area contributed by atoms with Gasteiger partial charge < -0.3 is 10.1 Å². The fourth-order valence-electron chi connectivity index (χ4n) is 2.39. The maximum atomic E-state index is 13.8. The number of halogens is 1. The van der Waals surface area contributed by atoms with Crippen LogP contribution in [0.2, 0.25) is 0 Å². The van der Waals surface area contributed by atoms with Crippen LogP contribution in [0.1, 0.15) is 11.3 Å². The summed E-state index contributed by atoms with van der Waals surface area (Å²) in [5, 5.41) is 3.44. The van der Waals surface area contributed by atoms with E-state index in [2.05, 4.69) is 10.3 Å². The van der Waals surface area contributed by atoms with Crippen molar-refractivity contribution in [3.05, 3.63) is 65.6 Å². The monoisotopic (exact) mass is 324 g/mol. The number of rotatable bonds is 4. The third kappa shape index (κ3) is 3.51. The number of carbonyl (C=O) groups excluding carboxylic acids is 1. The minimum Gasteiger partial charge on any atom is -0.481 e. The van der Waals surface area contributed by atoms with Crippen LogP contribution in [-0.2, 0) is 4.79 Å². The molecule has 5 heteroatoms. The van der Waals surface area contributed by atoms with Crippen LogP contribution in [0.25, 0.3) is 10.9 Å². The Balaban J connectivity index is 1.71. The highest BCUT2D eigenvalue weighted by Gasteiger charge is 2.10. The first-order chi connectivity index (χ1) is 11.5. The number of nitrogens with one attached hydrogen (secondary N) is 1. The summed E-state index contributed by atoms with van der Waals surface area (Å²) < 4.78 is 19.3. The summed E-state index contributed by atoms with van der Waals surface area (Å²) in [7, 11) is 0. The molecule has 4 nitrogen and oxygen atoms in total. The SMILES string of the molecule is Cc1ccc(NC(=O)COc2cccc3ccc(C)nc23)c(F)c1. The maximum absolute atomic E-state index is 13.8. The molecule has 24 heavy (non-hydrogen) atoms. The molecule has 122 valence electrons. The molecule has 0 fully saturated rings. The summed E-state index contributed by atoms with van der Waals surface area (Å²) in [6.07, 6.45) is 0. The lowest BCUT2D eigenvalue weighted by molar-refractivity contribution is -0.118. The van der Waals surface area contributed by atoms with Crippen molar-refractivity contribution in [3.8, 4) is 5.75 Å². The zero-order valence-corrected chi connectivity index (χ0v) is 13.5. The summed E-state index contributed by atoms with van der Waals surface area (Å²) in [6.45, 7) is 3.46. The number of aryl methyl sites for hydroxylation is 2. The maximum Gasteiger partial charge on any atom is 0.262 e. The highest BCUT2D eigenvalue weighted by molar-refractivity contribution is 5.92. The quantitative estimate of drug-likeness (QED) is 0.789. The Morgan fingerprint density at radius 2 is 2.00 bits per heavy atom. The smallest absolute Gasteiger partial charge is 0.262 e. The Morgan fingerprint density at radius 3 is 2.79 bits per heavy atom. The molecule has 0 radical (unpaired) electrons. The number of carbonyl (C=O) groups is 1. The first-order valence-corrected chi connectivity index (χ1v) is 7.58. The standard InChI is InChI=1S/C19H17FN2O2/c1-12-6-9-16(15(20)10-12)22-18(23)11-24-17-5-3-4-14-8-7-13(2)21-19(14)17/h3-10H,11H2,1-2H3,(H,22,23). The van der Waals surface area contributed by atoms with Gasteiger partial charge in [0.25, 0.3) is 5.91 Å². The lowest BCUT2D eigenvalue weighted by Gasteiger charge is -2.10. The van der Waals surface area contributed by atoms with E-state index in [4.69, 9.17) is 4.74 Å². The minimum atomic E-state index is -0.467. The van der Waals surface area contributed by atoms with Gasteiger partial charge in [0.2, 0.25) is 0 Å². The summed E-state index contributed by atoms with van der Waals surface area (Å²) in [6, 6.07) is 14.0. The van der Waals surface area contributed by atoms with Gasteiger partial charge in [-0.05, 0) is 43.7 Å². The molecule has 0 aliphatic rings. The van der Waals surface area contributed by atoms with Crippen LogP contribution in [0.5, 0.6) is 5.75 Å². The predicted octanol–water partition coefficient (Wildman–Crippen LogP) is 4.01. The third-order valence-electron chi connectivity index (χ3n) is 3.58. The van der Waals surface area contributed by atoms with E-state index in [1.807, 2.05) is 31.2 Å². The normalized spacial score (nSPS) is 10.6. The Bertz CT molecular complexity index is 909. The van der Waals surface area contributed by atoms with E-state index in [1.54, 1.807) is 19.1 Å². The summed E-state index contributed by atoms with van der Waals surface area (Å²) in [4.78, 5) is 16.4. The first-order valence-electron chi connectivity index (χ1n) is 7.58. The molecular formula is C19H17FN2O2. The van der Waals surface area contributed by atoms with Crippen LogP contribution in [0.4, 0.5) is 10.1 Å². The van der Waals surface area contributed by atoms with E-state index >= 15 is 0 Å². The Morgan fingerprint density at radius 1 is 1.17 bits per heavy atom. The molecule has 1 heterocycles. The second kappa shape index (κ2) is 6.66. The van der Waals surface area contributed by atoms with E-state index in [9.17, 15) is 9.18 Å². The second-order valence-electron chi connectivity index (χ2n) is 5.60. The molecule has 2 aromatic carbocycles. The highest BCUT2D eigenvalue weighted by Crippen LogP contribution is 2.24. The van der Waals surface area contributed by atoms with Crippen molar-refractivity contribution in [3.63, 3.8) is 0 Å². The molecule has 1 N–H and O–H groups in total. The zero-order chi connectivity index (χ0) is 17.1. The number of hydrogen-bond acceptors (Lipinski definition) is 3. The van der Waals surface area contributed by atoms with Crippen LogP contribution in [-0.4, -0.2) is 17.5 Å². The van der Waals surface area contributed by atoms with E-state index < -0.39 is 11.7 Å². The fraction of sp³-hybridized carbons (Fsp3) is 0.158. The van der Waals surface area contributed by atoms with Gasteiger partial charge in [-0.15, -0.1) is 0 Å². The van der Waals surface area contributed by atoms with Gasteiger partial charge in [0.1, 0.15) is 17.1 Å². The van der Waals surface area contributed by atoms with Crippen molar-refractivity contribution in [2.45, 2.75) is 13.8 Å². The molecule has 0 saturated heterocycles. The van der Waals surface area contributed by atoms with Crippen molar-refractivity contribution in [1.29, 1.82) is 0 Å². The van der Waals surface area contributed by atoms with Gasteiger partial charge in [-0.3, -0.25) is 4.79 Å². The van der Waals surface area contributed by atoms with Gasteiger partial charge >= 0.3 is 0 Å². The minimum absolute atomic E-state index is 0.140. The number of anilines is 1. The number of amides is 1. The number of pyridine rings is 1. The summed E-state index contributed by atoms with van der Waals surface area (Å²) >= 11 is 0. The van der Waals surface area contributed by atoms with Crippen LogP contribution in [0.15, 0.2) is 48.5 Å². The topological polar surface area (TPSA) is 51.2 Å². The van der Waals surface area contributed by atoms with Gasteiger partial charge in [0.05, 0.1) is 5.69 Å². The van der Waals surface area contributed by atoms with Crippen molar-refractivity contribution < 1.29 is 13.9 Å². The summed E-state index contributed by atoms with van der Waals surface area (Å²) in [5.74, 6) is -0.371. The molecule has 3 aromatic rings. The van der Waals surface area contributed by atoms with Gasteiger partial charge in [-0.25, -0.2) is 9.37 Å². The zero-order valence-electron chi connectivity index (χ0n) is 13.5.